The number of hydrogen-bond donors (Lipinski definition) is 1. The summed E-state index contributed by atoms with van der Waals surface area (Å²) in [7, 11) is 1.64. The summed E-state index contributed by atoms with van der Waals surface area (Å²) >= 11 is 0. The van der Waals surface area contributed by atoms with Gasteiger partial charge in [-0.2, -0.15) is 0 Å². The molecule has 0 bridgehead atoms. The number of rotatable bonds is 5. The van der Waals surface area contributed by atoms with Crippen molar-refractivity contribution in [3.05, 3.63) is 46.2 Å². The molecule has 0 saturated carbocycles. The van der Waals surface area contributed by atoms with E-state index in [9.17, 15) is 4.79 Å². The fraction of sp³-hybridized carbons (Fsp3) is 0.389. The molecule has 0 unspecified atom stereocenters. The minimum atomic E-state index is -0.137. The summed E-state index contributed by atoms with van der Waals surface area (Å²) < 4.78 is 7.22. The van der Waals surface area contributed by atoms with Crippen LogP contribution in [0.1, 0.15) is 25.8 Å². The predicted octanol–water partition coefficient (Wildman–Crippen LogP) is 3.46. The van der Waals surface area contributed by atoms with E-state index >= 15 is 0 Å². The zero-order chi connectivity index (χ0) is 16.3. The van der Waals surface area contributed by atoms with E-state index in [0.29, 0.717) is 12.5 Å². The number of aryl methyl sites for hydroxylation is 1. The van der Waals surface area contributed by atoms with Crippen LogP contribution in [0.5, 0.6) is 5.75 Å². The molecule has 0 atom stereocenters. The highest BCUT2D eigenvalue weighted by Crippen LogP contribution is 2.30. The van der Waals surface area contributed by atoms with Gasteiger partial charge >= 0.3 is 0 Å². The van der Waals surface area contributed by atoms with Gasteiger partial charge in [-0.15, -0.1) is 0 Å². The van der Waals surface area contributed by atoms with Gasteiger partial charge < -0.3 is 15.0 Å². The van der Waals surface area contributed by atoms with E-state index in [2.05, 4.69) is 13.8 Å². The van der Waals surface area contributed by atoms with Crippen LogP contribution in [-0.4, -0.2) is 11.7 Å². The molecule has 0 radical (unpaired) electrons. The largest absolute Gasteiger partial charge is 0.496 e. The number of methoxy groups -OCH3 is 1. The highest BCUT2D eigenvalue weighted by molar-refractivity contribution is 5.69. The Bertz CT molecular complexity index is 718. The molecule has 0 aliphatic carbocycles. The summed E-state index contributed by atoms with van der Waals surface area (Å²) in [6.07, 6.45) is 0.921. The maximum absolute atomic E-state index is 12.5. The van der Waals surface area contributed by atoms with Gasteiger partial charge in [0.1, 0.15) is 5.75 Å². The van der Waals surface area contributed by atoms with Crippen molar-refractivity contribution in [1.29, 1.82) is 0 Å². The van der Waals surface area contributed by atoms with Crippen molar-refractivity contribution in [2.45, 2.75) is 33.7 Å². The van der Waals surface area contributed by atoms with Gasteiger partial charge in [0.15, 0.2) is 0 Å². The molecule has 2 N–H and O–H groups in total. The van der Waals surface area contributed by atoms with Gasteiger partial charge in [-0.25, -0.2) is 0 Å². The lowest BCUT2D eigenvalue weighted by Gasteiger charge is -2.17. The number of benzene rings is 1. The maximum atomic E-state index is 12.5. The summed E-state index contributed by atoms with van der Waals surface area (Å²) in [6.45, 7) is 6.96. The molecular formula is C18H24N2O2. The van der Waals surface area contributed by atoms with Crippen molar-refractivity contribution < 1.29 is 4.74 Å². The third kappa shape index (κ3) is 3.32. The van der Waals surface area contributed by atoms with E-state index in [4.69, 9.17) is 10.5 Å². The first-order valence-corrected chi connectivity index (χ1v) is 7.58. The smallest absolute Gasteiger partial charge is 0.274 e. The minimum Gasteiger partial charge on any atom is -0.496 e. The number of pyridine rings is 1. The number of nitrogen functional groups attached to an aromatic ring is 1. The number of ether oxygens (including phenoxy) is 1. The third-order valence-corrected chi connectivity index (χ3v) is 3.76. The van der Waals surface area contributed by atoms with Crippen molar-refractivity contribution in [1.82, 2.24) is 4.57 Å². The fourth-order valence-electron chi connectivity index (χ4n) is 2.46. The number of nitrogens with zero attached hydrogens (tertiary/aromatic N) is 1. The van der Waals surface area contributed by atoms with Gasteiger partial charge in [-0.05, 0) is 43.5 Å². The van der Waals surface area contributed by atoms with Gasteiger partial charge in [0.05, 0.1) is 18.5 Å². The van der Waals surface area contributed by atoms with E-state index in [1.807, 2.05) is 31.2 Å². The third-order valence-electron chi connectivity index (χ3n) is 3.76. The Hall–Kier alpha value is -2.23. The van der Waals surface area contributed by atoms with Crippen LogP contribution in [0.3, 0.4) is 0 Å². The van der Waals surface area contributed by atoms with Crippen LogP contribution in [0.25, 0.3) is 11.3 Å². The zero-order valence-electron chi connectivity index (χ0n) is 13.7. The normalized spacial score (nSPS) is 11.0. The summed E-state index contributed by atoms with van der Waals surface area (Å²) in [6, 6.07) is 9.53. The number of aromatic nitrogens is 1. The van der Waals surface area contributed by atoms with E-state index in [-0.39, 0.29) is 11.2 Å². The quantitative estimate of drug-likeness (QED) is 0.920. The first-order valence-electron chi connectivity index (χ1n) is 7.58. The van der Waals surface area contributed by atoms with Gasteiger partial charge in [-0.1, -0.05) is 25.5 Å². The second kappa shape index (κ2) is 6.69. The van der Waals surface area contributed by atoms with Gasteiger partial charge in [-0.3, -0.25) is 4.79 Å². The molecule has 4 heteroatoms. The van der Waals surface area contributed by atoms with Gasteiger partial charge in [0, 0.05) is 12.1 Å². The predicted molar refractivity (Wildman–Crippen MR) is 91.3 cm³/mol. The first kappa shape index (κ1) is 16.1. The van der Waals surface area contributed by atoms with Crippen LogP contribution in [0.4, 0.5) is 5.69 Å². The minimum absolute atomic E-state index is 0.137. The van der Waals surface area contributed by atoms with Crippen LogP contribution in [0, 0.1) is 12.8 Å². The lowest BCUT2D eigenvalue weighted by molar-refractivity contribution is 0.415. The molecule has 2 rings (SSSR count). The molecule has 1 aromatic heterocycles. The number of hydrogen-bond acceptors (Lipinski definition) is 3. The molecule has 4 nitrogen and oxygen atoms in total. The summed E-state index contributed by atoms with van der Waals surface area (Å²) in [4.78, 5) is 12.5. The fourth-order valence-corrected chi connectivity index (χ4v) is 2.46. The standard InChI is InChI=1S/C18H24N2O2/c1-12(2)9-10-20-16(7-6-15(19)18(20)21)14-11-13(3)5-8-17(14)22-4/h5-8,11-12H,9-10,19H2,1-4H3. The summed E-state index contributed by atoms with van der Waals surface area (Å²) in [5, 5.41) is 0. The highest BCUT2D eigenvalue weighted by Gasteiger charge is 2.13. The van der Waals surface area contributed by atoms with Crippen LogP contribution >= 0.6 is 0 Å². The van der Waals surface area contributed by atoms with Crippen molar-refractivity contribution in [2.75, 3.05) is 12.8 Å². The van der Waals surface area contributed by atoms with Crippen LogP contribution in [0.2, 0.25) is 0 Å². The van der Waals surface area contributed by atoms with Gasteiger partial charge in [0.2, 0.25) is 0 Å². The molecule has 0 aliphatic heterocycles. The maximum Gasteiger partial charge on any atom is 0.274 e. The molecule has 1 aromatic carbocycles. The van der Waals surface area contributed by atoms with E-state index in [1.165, 1.54) is 0 Å². The van der Waals surface area contributed by atoms with Gasteiger partial charge in [0.25, 0.3) is 5.56 Å². The molecule has 0 aliphatic rings. The number of nitrogens with two attached hydrogens (primary N) is 1. The number of anilines is 1. The molecule has 0 fully saturated rings. The molecule has 0 spiro atoms. The van der Waals surface area contributed by atoms with E-state index in [1.54, 1.807) is 17.7 Å². The lowest BCUT2D eigenvalue weighted by atomic mass is 10.1. The average Bonchev–Trinajstić information content (AvgIpc) is 2.48. The van der Waals surface area contributed by atoms with Crippen molar-refractivity contribution in [3.63, 3.8) is 0 Å². The van der Waals surface area contributed by atoms with Crippen molar-refractivity contribution in [2.24, 2.45) is 5.92 Å². The van der Waals surface area contributed by atoms with Crippen molar-refractivity contribution >= 4 is 5.69 Å². The topological polar surface area (TPSA) is 57.2 Å². The average molecular weight is 300 g/mol. The molecule has 1 heterocycles. The zero-order valence-corrected chi connectivity index (χ0v) is 13.7. The summed E-state index contributed by atoms with van der Waals surface area (Å²) in [5.74, 6) is 1.27. The Balaban J connectivity index is 2.62. The molecule has 0 saturated heterocycles. The highest BCUT2D eigenvalue weighted by atomic mass is 16.5. The van der Waals surface area contributed by atoms with Crippen molar-refractivity contribution in [3.8, 4) is 17.0 Å². The molecule has 22 heavy (non-hydrogen) atoms. The molecule has 118 valence electrons. The van der Waals surface area contributed by atoms with Crippen LogP contribution in [-0.2, 0) is 6.54 Å². The first-order chi connectivity index (χ1) is 10.4. The molecule has 0 amide bonds. The summed E-state index contributed by atoms with van der Waals surface area (Å²) in [5.41, 5.74) is 8.84. The monoisotopic (exact) mass is 300 g/mol. The van der Waals surface area contributed by atoms with E-state index in [0.717, 1.165) is 29.0 Å². The SMILES string of the molecule is COc1ccc(C)cc1-c1ccc(N)c(=O)n1CCC(C)C. The second-order valence-corrected chi connectivity index (χ2v) is 6.02. The second-order valence-electron chi connectivity index (χ2n) is 6.02. The van der Waals surface area contributed by atoms with Crippen LogP contribution < -0.4 is 16.0 Å². The molecular weight excluding hydrogens is 276 g/mol. The Labute approximate surface area is 131 Å². The Morgan fingerprint density at radius 1 is 1.23 bits per heavy atom. The Morgan fingerprint density at radius 2 is 1.95 bits per heavy atom. The van der Waals surface area contributed by atoms with E-state index < -0.39 is 0 Å². The Kier molecular flexibility index (Phi) is 4.91. The lowest BCUT2D eigenvalue weighted by Crippen LogP contribution is -2.25. The van der Waals surface area contributed by atoms with Crippen LogP contribution in [0.15, 0.2) is 35.1 Å². The molecule has 2 aromatic rings. The Morgan fingerprint density at radius 3 is 2.59 bits per heavy atom.